The van der Waals surface area contributed by atoms with Crippen molar-refractivity contribution in [2.75, 3.05) is 12.3 Å². The van der Waals surface area contributed by atoms with Crippen molar-refractivity contribution in [3.63, 3.8) is 0 Å². The largest absolute Gasteiger partial charge is 0.480 e. The summed E-state index contributed by atoms with van der Waals surface area (Å²) in [5.41, 5.74) is 0. The molecule has 5 nitrogen and oxygen atoms in total. The molecule has 1 heterocycles. The van der Waals surface area contributed by atoms with Gasteiger partial charge in [0, 0.05) is 11.8 Å². The van der Waals surface area contributed by atoms with Gasteiger partial charge in [-0.15, -0.1) is 0 Å². The van der Waals surface area contributed by atoms with E-state index in [1.165, 1.54) is 0 Å². The first kappa shape index (κ1) is 11.2. The summed E-state index contributed by atoms with van der Waals surface area (Å²) in [6, 6.07) is -0.864. The lowest BCUT2D eigenvalue weighted by Gasteiger charge is -2.16. The van der Waals surface area contributed by atoms with E-state index in [0.29, 0.717) is 13.0 Å². The van der Waals surface area contributed by atoms with Gasteiger partial charge in [-0.1, -0.05) is 6.92 Å². The Hall–Kier alpha value is -0.910. The van der Waals surface area contributed by atoms with Gasteiger partial charge in [0.2, 0.25) is 0 Å². The standard InChI is InChI=1S/C8H13NO4S/c1-2-14-5-3-6(7(10)11)9(4-5)8(12)13/h5-6H,2-4H2,1H3,(H,10,11)(H,12,13)/t5-,6+/m1/s1. The zero-order valence-corrected chi connectivity index (χ0v) is 8.66. The maximum Gasteiger partial charge on any atom is 0.408 e. The molecule has 0 radical (unpaired) electrons. The molecule has 1 rings (SSSR count). The summed E-state index contributed by atoms with van der Waals surface area (Å²) in [7, 11) is 0. The van der Waals surface area contributed by atoms with Crippen molar-refractivity contribution in [1.29, 1.82) is 0 Å². The highest BCUT2D eigenvalue weighted by Gasteiger charge is 2.39. The van der Waals surface area contributed by atoms with Gasteiger partial charge >= 0.3 is 12.1 Å². The quantitative estimate of drug-likeness (QED) is 0.738. The van der Waals surface area contributed by atoms with E-state index in [9.17, 15) is 9.59 Å². The van der Waals surface area contributed by atoms with Crippen molar-refractivity contribution in [1.82, 2.24) is 4.90 Å². The molecule has 0 aromatic heterocycles. The molecule has 2 N–H and O–H groups in total. The second-order valence-electron chi connectivity index (χ2n) is 3.10. The lowest BCUT2D eigenvalue weighted by molar-refractivity contribution is -0.141. The number of amides is 1. The Morgan fingerprint density at radius 1 is 1.50 bits per heavy atom. The van der Waals surface area contributed by atoms with Gasteiger partial charge in [0.1, 0.15) is 6.04 Å². The molecule has 0 aliphatic carbocycles. The van der Waals surface area contributed by atoms with Crippen LogP contribution in [0.4, 0.5) is 4.79 Å². The molecule has 1 amide bonds. The van der Waals surface area contributed by atoms with Crippen LogP contribution in [0.2, 0.25) is 0 Å². The molecule has 2 atom stereocenters. The zero-order valence-electron chi connectivity index (χ0n) is 7.84. The van der Waals surface area contributed by atoms with E-state index in [0.717, 1.165) is 10.7 Å². The number of thioether (sulfide) groups is 1. The molecule has 1 fully saturated rings. The predicted octanol–water partition coefficient (Wildman–Crippen LogP) is 0.945. The van der Waals surface area contributed by atoms with Crippen LogP contribution < -0.4 is 0 Å². The summed E-state index contributed by atoms with van der Waals surface area (Å²) in [4.78, 5) is 22.5. The first-order valence-corrected chi connectivity index (χ1v) is 5.45. The number of likely N-dealkylation sites (tertiary alicyclic amines) is 1. The van der Waals surface area contributed by atoms with Crippen LogP contribution in [0.25, 0.3) is 0 Å². The third-order valence-electron chi connectivity index (χ3n) is 2.20. The fraction of sp³-hybridized carbons (Fsp3) is 0.750. The Morgan fingerprint density at radius 2 is 2.14 bits per heavy atom. The third-order valence-corrected chi connectivity index (χ3v) is 3.34. The number of rotatable bonds is 3. The van der Waals surface area contributed by atoms with E-state index in [1.54, 1.807) is 11.8 Å². The van der Waals surface area contributed by atoms with E-state index in [4.69, 9.17) is 10.2 Å². The predicted molar refractivity (Wildman–Crippen MR) is 52.7 cm³/mol. The van der Waals surface area contributed by atoms with Crippen molar-refractivity contribution in [2.24, 2.45) is 0 Å². The van der Waals surface area contributed by atoms with E-state index < -0.39 is 18.1 Å². The van der Waals surface area contributed by atoms with E-state index in [1.807, 2.05) is 6.92 Å². The molecule has 0 saturated carbocycles. The fourth-order valence-electron chi connectivity index (χ4n) is 1.60. The van der Waals surface area contributed by atoms with Crippen LogP contribution in [-0.4, -0.2) is 50.8 Å². The van der Waals surface area contributed by atoms with E-state index >= 15 is 0 Å². The van der Waals surface area contributed by atoms with Gasteiger partial charge in [-0.05, 0) is 12.2 Å². The summed E-state index contributed by atoms with van der Waals surface area (Å²) in [6.45, 7) is 2.30. The molecule has 1 saturated heterocycles. The van der Waals surface area contributed by atoms with Crippen LogP contribution in [-0.2, 0) is 4.79 Å². The maximum atomic E-state index is 10.8. The smallest absolute Gasteiger partial charge is 0.408 e. The van der Waals surface area contributed by atoms with Crippen LogP contribution in [0.5, 0.6) is 0 Å². The molecule has 1 aliphatic heterocycles. The summed E-state index contributed by atoms with van der Waals surface area (Å²) in [6.07, 6.45) is -0.725. The lowest BCUT2D eigenvalue weighted by atomic mass is 10.2. The van der Waals surface area contributed by atoms with Gasteiger partial charge in [0.15, 0.2) is 0 Å². The number of aliphatic carboxylic acids is 1. The number of carbonyl (C=O) groups is 2. The number of nitrogens with zero attached hydrogens (tertiary/aromatic N) is 1. The molecular formula is C8H13NO4S. The molecule has 14 heavy (non-hydrogen) atoms. The molecule has 0 spiro atoms. The number of hydrogen-bond donors (Lipinski definition) is 2. The minimum Gasteiger partial charge on any atom is -0.480 e. The zero-order chi connectivity index (χ0) is 10.7. The van der Waals surface area contributed by atoms with Crippen molar-refractivity contribution in [3.05, 3.63) is 0 Å². The Balaban J connectivity index is 2.65. The Morgan fingerprint density at radius 3 is 2.50 bits per heavy atom. The average molecular weight is 219 g/mol. The number of carboxylic acids is 1. The second-order valence-corrected chi connectivity index (χ2v) is 4.68. The first-order valence-electron chi connectivity index (χ1n) is 4.40. The molecule has 1 aliphatic rings. The minimum atomic E-state index is -1.14. The molecule has 80 valence electrons. The average Bonchev–Trinajstić information content (AvgIpc) is 2.49. The number of carboxylic acid groups (broad SMARTS) is 2. The van der Waals surface area contributed by atoms with Crippen LogP contribution in [0.3, 0.4) is 0 Å². The van der Waals surface area contributed by atoms with Crippen molar-refractivity contribution < 1.29 is 19.8 Å². The van der Waals surface area contributed by atoms with Crippen LogP contribution in [0.1, 0.15) is 13.3 Å². The highest BCUT2D eigenvalue weighted by Crippen LogP contribution is 2.27. The van der Waals surface area contributed by atoms with Gasteiger partial charge in [0.05, 0.1) is 0 Å². The van der Waals surface area contributed by atoms with Crippen LogP contribution in [0, 0.1) is 0 Å². The summed E-state index contributed by atoms with van der Waals surface area (Å²) in [5, 5.41) is 17.7. The maximum absolute atomic E-state index is 10.8. The first-order chi connectivity index (χ1) is 6.56. The highest BCUT2D eigenvalue weighted by atomic mass is 32.2. The van der Waals surface area contributed by atoms with Crippen LogP contribution in [0.15, 0.2) is 0 Å². The normalized spacial score (nSPS) is 26.5. The molecule has 0 bridgehead atoms. The SMILES string of the molecule is CCS[C@@H]1C[C@@H](C(=O)O)N(C(=O)O)C1. The van der Waals surface area contributed by atoms with Gasteiger partial charge in [-0.25, -0.2) is 9.59 Å². The monoisotopic (exact) mass is 219 g/mol. The number of hydrogen-bond acceptors (Lipinski definition) is 3. The molecule has 0 unspecified atom stereocenters. The van der Waals surface area contributed by atoms with Gasteiger partial charge in [0.25, 0.3) is 0 Å². The molecule has 6 heteroatoms. The Labute approximate surface area is 86.1 Å². The second kappa shape index (κ2) is 4.54. The highest BCUT2D eigenvalue weighted by molar-refractivity contribution is 7.99. The topological polar surface area (TPSA) is 77.8 Å². The molecular weight excluding hydrogens is 206 g/mol. The molecule has 0 aromatic rings. The van der Waals surface area contributed by atoms with Crippen molar-refractivity contribution >= 4 is 23.8 Å². The summed E-state index contributed by atoms with van der Waals surface area (Å²) in [5.74, 6) is -0.170. The fourth-order valence-corrected chi connectivity index (χ4v) is 2.66. The summed E-state index contributed by atoms with van der Waals surface area (Å²) >= 11 is 1.61. The Kier molecular flexibility index (Phi) is 3.62. The van der Waals surface area contributed by atoms with Crippen LogP contribution >= 0.6 is 11.8 Å². The summed E-state index contributed by atoms with van der Waals surface area (Å²) < 4.78 is 0. The third kappa shape index (κ3) is 2.31. The van der Waals surface area contributed by atoms with Crippen molar-refractivity contribution in [2.45, 2.75) is 24.6 Å². The van der Waals surface area contributed by atoms with Gasteiger partial charge < -0.3 is 10.2 Å². The lowest BCUT2D eigenvalue weighted by Crippen LogP contribution is -2.39. The van der Waals surface area contributed by atoms with E-state index in [2.05, 4.69) is 0 Å². The van der Waals surface area contributed by atoms with Gasteiger partial charge in [-0.3, -0.25) is 4.90 Å². The van der Waals surface area contributed by atoms with Gasteiger partial charge in [-0.2, -0.15) is 11.8 Å². The molecule has 0 aromatic carbocycles. The minimum absolute atomic E-state index is 0.122. The van der Waals surface area contributed by atoms with E-state index in [-0.39, 0.29) is 5.25 Å². The van der Waals surface area contributed by atoms with Crippen molar-refractivity contribution in [3.8, 4) is 0 Å². The Bertz CT molecular complexity index is 223.